The van der Waals surface area contributed by atoms with Gasteiger partial charge in [-0.2, -0.15) is 20.3 Å². The lowest BCUT2D eigenvalue weighted by molar-refractivity contribution is -0.126. The second-order valence-electron chi connectivity index (χ2n) is 3.82. The zero-order valence-corrected chi connectivity index (χ0v) is 12.3. The third-order valence-corrected chi connectivity index (χ3v) is 3.12. The Labute approximate surface area is 123 Å². The molecule has 0 unspecified atom stereocenters. The first-order chi connectivity index (χ1) is 8.99. The summed E-state index contributed by atoms with van der Waals surface area (Å²) < 4.78 is 0.945. The van der Waals surface area contributed by atoms with E-state index in [-0.39, 0.29) is 11.0 Å². The summed E-state index contributed by atoms with van der Waals surface area (Å²) in [6.07, 6.45) is 0. The first kappa shape index (κ1) is 13.8. The van der Waals surface area contributed by atoms with Crippen molar-refractivity contribution in [3.8, 4) is 0 Å². The average molecular weight is 340 g/mol. The van der Waals surface area contributed by atoms with E-state index in [0.29, 0.717) is 11.4 Å². The second-order valence-corrected chi connectivity index (χ2v) is 5.16. The van der Waals surface area contributed by atoms with Gasteiger partial charge in [-0.3, -0.25) is 4.79 Å². The molecule has 0 saturated heterocycles. The summed E-state index contributed by atoms with van der Waals surface area (Å²) in [4.78, 5) is 11.9. The van der Waals surface area contributed by atoms with Gasteiger partial charge in [0, 0.05) is 4.47 Å². The SMILES string of the molecule is CC1=NN(C(N)=S)C(=O)[C@H]1N=Nc1ccc(Br)cc1. The van der Waals surface area contributed by atoms with Crippen molar-refractivity contribution in [2.45, 2.75) is 13.0 Å². The molecule has 1 amide bonds. The van der Waals surface area contributed by atoms with Crippen molar-refractivity contribution in [2.75, 3.05) is 0 Å². The zero-order valence-electron chi connectivity index (χ0n) is 9.95. The van der Waals surface area contributed by atoms with Crippen LogP contribution < -0.4 is 5.73 Å². The second kappa shape index (κ2) is 5.54. The van der Waals surface area contributed by atoms with Gasteiger partial charge >= 0.3 is 0 Å². The number of hydrogen-bond donors (Lipinski definition) is 1. The lowest BCUT2D eigenvalue weighted by atomic mass is 10.2. The molecule has 1 aromatic rings. The number of carbonyl (C=O) groups is 1. The van der Waals surface area contributed by atoms with Crippen molar-refractivity contribution >= 4 is 50.6 Å². The van der Waals surface area contributed by atoms with Gasteiger partial charge < -0.3 is 5.73 Å². The fourth-order valence-corrected chi connectivity index (χ4v) is 1.87. The summed E-state index contributed by atoms with van der Waals surface area (Å²) in [6, 6.07) is 6.49. The van der Waals surface area contributed by atoms with E-state index < -0.39 is 6.04 Å². The molecule has 0 spiro atoms. The van der Waals surface area contributed by atoms with Gasteiger partial charge in [0.1, 0.15) is 0 Å². The maximum Gasteiger partial charge on any atom is 0.282 e. The fourth-order valence-electron chi connectivity index (χ4n) is 1.48. The van der Waals surface area contributed by atoms with Crippen LogP contribution in [0.5, 0.6) is 0 Å². The number of hydrazone groups is 1. The van der Waals surface area contributed by atoms with Crippen molar-refractivity contribution in [3.05, 3.63) is 28.7 Å². The first-order valence-corrected chi connectivity index (χ1v) is 6.54. The van der Waals surface area contributed by atoms with Crippen LogP contribution in [0.25, 0.3) is 0 Å². The largest absolute Gasteiger partial charge is 0.374 e. The van der Waals surface area contributed by atoms with E-state index in [1.807, 2.05) is 12.1 Å². The first-order valence-electron chi connectivity index (χ1n) is 5.34. The summed E-state index contributed by atoms with van der Waals surface area (Å²) in [5.41, 5.74) is 6.55. The highest BCUT2D eigenvalue weighted by Gasteiger charge is 2.35. The summed E-state index contributed by atoms with van der Waals surface area (Å²) in [7, 11) is 0. The molecule has 1 heterocycles. The van der Waals surface area contributed by atoms with Crippen LogP contribution in [-0.2, 0) is 4.79 Å². The molecule has 1 aliphatic rings. The predicted molar refractivity (Wildman–Crippen MR) is 79.2 cm³/mol. The van der Waals surface area contributed by atoms with E-state index in [2.05, 4.69) is 31.3 Å². The number of nitrogens with two attached hydrogens (primary N) is 1. The van der Waals surface area contributed by atoms with Gasteiger partial charge in [-0.05, 0) is 43.4 Å². The summed E-state index contributed by atoms with van der Waals surface area (Å²) >= 11 is 8.05. The van der Waals surface area contributed by atoms with Crippen LogP contribution in [0.4, 0.5) is 5.69 Å². The highest BCUT2D eigenvalue weighted by atomic mass is 79.9. The van der Waals surface area contributed by atoms with E-state index in [0.717, 1.165) is 9.48 Å². The van der Waals surface area contributed by atoms with Crippen molar-refractivity contribution < 1.29 is 4.79 Å². The molecule has 1 aliphatic heterocycles. The van der Waals surface area contributed by atoms with Crippen molar-refractivity contribution in [1.82, 2.24) is 5.01 Å². The molecule has 1 atom stereocenters. The lowest BCUT2D eigenvalue weighted by Crippen LogP contribution is -2.37. The molecule has 2 N–H and O–H groups in total. The van der Waals surface area contributed by atoms with Gasteiger partial charge in [0.05, 0.1) is 11.4 Å². The number of azo groups is 1. The molecule has 8 heteroatoms. The van der Waals surface area contributed by atoms with Gasteiger partial charge in [-0.25, -0.2) is 0 Å². The van der Waals surface area contributed by atoms with Crippen molar-refractivity contribution in [1.29, 1.82) is 0 Å². The number of carbonyl (C=O) groups excluding carboxylic acids is 1. The van der Waals surface area contributed by atoms with Crippen LogP contribution in [-0.4, -0.2) is 27.8 Å². The molecule has 0 fully saturated rings. The summed E-state index contributed by atoms with van der Waals surface area (Å²) in [6.45, 7) is 1.68. The Morgan fingerprint density at radius 3 is 2.63 bits per heavy atom. The summed E-state index contributed by atoms with van der Waals surface area (Å²) in [5, 5.41) is 12.8. The Hall–Kier alpha value is -1.67. The molecule has 98 valence electrons. The quantitative estimate of drug-likeness (QED) is 0.663. The van der Waals surface area contributed by atoms with Crippen LogP contribution in [0.3, 0.4) is 0 Å². The highest BCUT2D eigenvalue weighted by Crippen LogP contribution is 2.19. The smallest absolute Gasteiger partial charge is 0.282 e. The van der Waals surface area contributed by atoms with Gasteiger partial charge in [-0.1, -0.05) is 15.9 Å². The topological polar surface area (TPSA) is 83.4 Å². The van der Waals surface area contributed by atoms with Gasteiger partial charge in [0.25, 0.3) is 5.91 Å². The number of nitrogens with zero attached hydrogens (tertiary/aromatic N) is 4. The minimum Gasteiger partial charge on any atom is -0.374 e. The molecule has 0 aromatic heterocycles. The molecule has 6 nitrogen and oxygen atoms in total. The molecule has 0 bridgehead atoms. The minimum atomic E-state index is -0.759. The van der Waals surface area contributed by atoms with Crippen molar-refractivity contribution in [3.63, 3.8) is 0 Å². The average Bonchev–Trinajstić information content (AvgIpc) is 2.65. The maximum absolute atomic E-state index is 11.9. The fraction of sp³-hybridized carbons (Fsp3) is 0.182. The predicted octanol–water partition coefficient (Wildman–Crippen LogP) is 2.36. The Morgan fingerprint density at radius 2 is 2.11 bits per heavy atom. The summed E-state index contributed by atoms with van der Waals surface area (Å²) in [5.74, 6) is -0.383. The third kappa shape index (κ3) is 3.02. The van der Waals surface area contributed by atoms with Crippen LogP contribution in [0.15, 0.2) is 44.1 Å². The van der Waals surface area contributed by atoms with E-state index in [4.69, 9.17) is 18.0 Å². The molecule has 19 heavy (non-hydrogen) atoms. The molecule has 0 radical (unpaired) electrons. The number of thiocarbonyl (C=S) groups is 1. The van der Waals surface area contributed by atoms with Crippen LogP contribution in [0, 0.1) is 0 Å². The molecule has 0 saturated carbocycles. The minimum absolute atomic E-state index is 0.0920. The Morgan fingerprint density at radius 1 is 1.47 bits per heavy atom. The van der Waals surface area contributed by atoms with Gasteiger partial charge in [-0.15, -0.1) is 0 Å². The van der Waals surface area contributed by atoms with Gasteiger partial charge in [0.15, 0.2) is 11.2 Å². The molecular weight excluding hydrogens is 330 g/mol. The monoisotopic (exact) mass is 339 g/mol. The van der Waals surface area contributed by atoms with Crippen LogP contribution in [0.2, 0.25) is 0 Å². The van der Waals surface area contributed by atoms with E-state index in [1.54, 1.807) is 19.1 Å². The van der Waals surface area contributed by atoms with Crippen LogP contribution >= 0.6 is 28.1 Å². The Bertz CT molecular complexity index is 583. The molecule has 1 aromatic carbocycles. The molecule has 2 rings (SSSR count). The zero-order chi connectivity index (χ0) is 14.0. The van der Waals surface area contributed by atoms with E-state index >= 15 is 0 Å². The Balaban J connectivity index is 2.16. The number of hydrogen-bond acceptors (Lipinski definition) is 5. The van der Waals surface area contributed by atoms with E-state index in [1.165, 1.54) is 0 Å². The molecule has 0 aliphatic carbocycles. The highest BCUT2D eigenvalue weighted by molar-refractivity contribution is 9.10. The Kier molecular flexibility index (Phi) is 4.01. The van der Waals surface area contributed by atoms with E-state index in [9.17, 15) is 4.79 Å². The number of benzene rings is 1. The lowest BCUT2D eigenvalue weighted by Gasteiger charge is -2.08. The standard InChI is InChI=1S/C11H10BrN5OS/c1-6-9(10(18)17(16-6)11(13)19)15-14-8-4-2-7(12)3-5-8/h2-5,9H,1H3,(H2,13,19)/t9-/m0/s1. The van der Waals surface area contributed by atoms with Crippen molar-refractivity contribution in [2.24, 2.45) is 21.1 Å². The molecular formula is C11H10BrN5OS. The number of halogens is 1. The van der Waals surface area contributed by atoms with Gasteiger partial charge in [0.2, 0.25) is 0 Å². The number of rotatable bonds is 2. The maximum atomic E-state index is 11.9. The van der Waals surface area contributed by atoms with Crippen LogP contribution in [0.1, 0.15) is 6.92 Å². The normalized spacial score (nSPS) is 19.1. The third-order valence-electron chi connectivity index (χ3n) is 2.42. The number of amides is 1.